The molecule has 1 fully saturated rings. The van der Waals surface area contributed by atoms with E-state index in [0.717, 1.165) is 16.3 Å². The molecule has 1 N–H and O–H groups in total. The van der Waals surface area contributed by atoms with Gasteiger partial charge in [0.1, 0.15) is 4.88 Å². The number of rotatable bonds is 5. The number of carbonyl (C=O) groups excluding carboxylic acids is 1. The predicted molar refractivity (Wildman–Crippen MR) is 90.5 cm³/mol. The van der Waals surface area contributed by atoms with Crippen LogP contribution in [-0.2, 0) is 6.42 Å². The maximum Gasteiger partial charge on any atom is 0.263 e. The molecule has 1 heterocycles. The molecule has 1 aromatic heterocycles. The molecule has 0 unspecified atom stereocenters. The summed E-state index contributed by atoms with van der Waals surface area (Å²) in [6.07, 6.45) is 4.97. The van der Waals surface area contributed by atoms with E-state index in [4.69, 9.17) is 0 Å². The van der Waals surface area contributed by atoms with Gasteiger partial charge in [-0.3, -0.25) is 4.79 Å². The van der Waals surface area contributed by atoms with E-state index < -0.39 is 0 Å². The second-order valence-electron chi connectivity index (χ2n) is 6.78. The molecular formula is C18H22N2OS. The Balaban J connectivity index is 1.67. The van der Waals surface area contributed by atoms with Gasteiger partial charge in [0.15, 0.2) is 0 Å². The zero-order valence-electron chi connectivity index (χ0n) is 13.3. The summed E-state index contributed by atoms with van der Waals surface area (Å²) in [5, 5.41) is 4.27. The second kappa shape index (κ2) is 5.84. The molecule has 1 aliphatic rings. The highest BCUT2D eigenvalue weighted by Gasteiger charge is 2.29. The fourth-order valence-corrected chi connectivity index (χ4v) is 3.59. The summed E-state index contributed by atoms with van der Waals surface area (Å²) in [4.78, 5) is 17.6. The third-order valence-corrected chi connectivity index (χ3v) is 5.18. The third-order valence-electron chi connectivity index (χ3n) is 4.02. The molecule has 1 aromatic carbocycles. The van der Waals surface area contributed by atoms with Crippen molar-refractivity contribution in [1.82, 2.24) is 10.3 Å². The second-order valence-corrected chi connectivity index (χ2v) is 7.84. The zero-order valence-corrected chi connectivity index (χ0v) is 14.2. The van der Waals surface area contributed by atoms with Crippen LogP contribution in [0.3, 0.4) is 0 Å². The Bertz CT molecular complexity index is 686. The summed E-state index contributed by atoms with van der Waals surface area (Å²) in [6, 6.07) is 8.33. The van der Waals surface area contributed by atoms with Gasteiger partial charge < -0.3 is 5.32 Å². The van der Waals surface area contributed by atoms with E-state index in [-0.39, 0.29) is 11.4 Å². The number of nitrogens with zero attached hydrogens (tertiary/aromatic N) is 1. The van der Waals surface area contributed by atoms with Crippen LogP contribution in [0.5, 0.6) is 0 Å². The van der Waals surface area contributed by atoms with Crippen LogP contribution in [-0.4, -0.2) is 16.4 Å². The molecule has 1 aliphatic carbocycles. The summed E-state index contributed by atoms with van der Waals surface area (Å²) in [6.45, 7) is 6.25. The number of thiazole rings is 1. The number of aromatic nitrogens is 1. The van der Waals surface area contributed by atoms with Gasteiger partial charge in [0.2, 0.25) is 0 Å². The molecule has 0 atom stereocenters. The normalized spacial score (nSPS) is 14.9. The molecule has 0 spiro atoms. The third kappa shape index (κ3) is 3.55. The lowest BCUT2D eigenvalue weighted by molar-refractivity contribution is 0.0917. The molecule has 2 aromatic rings. The standard InChI is InChI=1S/C18H22N2OS/c1-12-6-4-5-7-14(12)10-18(2,3)20-16(21)15-11-19-17(22-15)13-8-9-13/h4-7,11,13H,8-10H2,1-3H3,(H,20,21). The lowest BCUT2D eigenvalue weighted by Gasteiger charge is -2.27. The molecular weight excluding hydrogens is 292 g/mol. The molecule has 22 heavy (non-hydrogen) atoms. The fraction of sp³-hybridized carbons (Fsp3) is 0.444. The van der Waals surface area contributed by atoms with Gasteiger partial charge >= 0.3 is 0 Å². The molecule has 4 heteroatoms. The summed E-state index contributed by atoms with van der Waals surface area (Å²) in [7, 11) is 0. The van der Waals surface area contributed by atoms with Crippen molar-refractivity contribution in [3.63, 3.8) is 0 Å². The van der Waals surface area contributed by atoms with Crippen LogP contribution in [0, 0.1) is 6.92 Å². The molecule has 3 rings (SSSR count). The fourth-order valence-electron chi connectivity index (χ4n) is 2.61. The number of aryl methyl sites for hydroxylation is 1. The van der Waals surface area contributed by atoms with E-state index >= 15 is 0 Å². The van der Waals surface area contributed by atoms with Gasteiger partial charge in [-0.2, -0.15) is 0 Å². The van der Waals surface area contributed by atoms with Gasteiger partial charge in [-0.25, -0.2) is 4.98 Å². The average molecular weight is 314 g/mol. The lowest BCUT2D eigenvalue weighted by Crippen LogP contribution is -2.45. The van der Waals surface area contributed by atoms with E-state index in [2.05, 4.69) is 43.2 Å². The van der Waals surface area contributed by atoms with Crippen molar-refractivity contribution < 1.29 is 4.79 Å². The first-order valence-electron chi connectivity index (χ1n) is 7.77. The Morgan fingerprint density at radius 3 is 2.77 bits per heavy atom. The highest BCUT2D eigenvalue weighted by atomic mass is 32.1. The minimum Gasteiger partial charge on any atom is -0.346 e. The van der Waals surface area contributed by atoms with Crippen molar-refractivity contribution in [2.75, 3.05) is 0 Å². The molecule has 116 valence electrons. The van der Waals surface area contributed by atoms with Crippen molar-refractivity contribution in [2.45, 2.75) is 51.5 Å². The van der Waals surface area contributed by atoms with Gasteiger partial charge in [0.05, 0.1) is 11.2 Å². The Labute approximate surface area is 135 Å². The summed E-state index contributed by atoms with van der Waals surface area (Å²) < 4.78 is 0. The van der Waals surface area contributed by atoms with Gasteiger partial charge in [-0.1, -0.05) is 24.3 Å². The van der Waals surface area contributed by atoms with Crippen LogP contribution in [0.25, 0.3) is 0 Å². The minimum atomic E-state index is -0.285. The van der Waals surface area contributed by atoms with Gasteiger partial charge in [0, 0.05) is 11.5 Å². The first-order valence-corrected chi connectivity index (χ1v) is 8.59. The van der Waals surface area contributed by atoms with E-state index in [1.54, 1.807) is 6.20 Å². The number of benzene rings is 1. The minimum absolute atomic E-state index is 0.0111. The molecule has 1 saturated carbocycles. The quantitative estimate of drug-likeness (QED) is 0.903. The molecule has 3 nitrogen and oxygen atoms in total. The van der Waals surface area contributed by atoms with Crippen molar-refractivity contribution in [3.05, 3.63) is 51.5 Å². The van der Waals surface area contributed by atoms with E-state index in [9.17, 15) is 4.79 Å². The molecule has 0 saturated heterocycles. The highest BCUT2D eigenvalue weighted by Crippen LogP contribution is 2.41. The van der Waals surface area contributed by atoms with Crippen LogP contribution in [0.4, 0.5) is 0 Å². The summed E-state index contributed by atoms with van der Waals surface area (Å²) >= 11 is 1.54. The number of nitrogens with one attached hydrogen (secondary N) is 1. The number of carbonyl (C=O) groups is 1. The molecule has 0 aliphatic heterocycles. The van der Waals surface area contributed by atoms with Crippen molar-refractivity contribution in [2.24, 2.45) is 0 Å². The zero-order chi connectivity index (χ0) is 15.7. The van der Waals surface area contributed by atoms with Gasteiger partial charge in [-0.05, 0) is 51.2 Å². The van der Waals surface area contributed by atoms with Crippen LogP contribution in [0.2, 0.25) is 0 Å². The first-order chi connectivity index (χ1) is 10.4. The van der Waals surface area contributed by atoms with E-state index in [0.29, 0.717) is 5.92 Å². The van der Waals surface area contributed by atoms with Crippen LogP contribution in [0.15, 0.2) is 30.5 Å². The van der Waals surface area contributed by atoms with Gasteiger partial charge in [0.25, 0.3) is 5.91 Å². The van der Waals surface area contributed by atoms with Crippen molar-refractivity contribution in [3.8, 4) is 0 Å². The maximum absolute atomic E-state index is 12.5. The Kier molecular flexibility index (Phi) is 4.04. The average Bonchev–Trinajstić information content (AvgIpc) is 3.18. The first kappa shape index (κ1) is 15.2. The van der Waals surface area contributed by atoms with Crippen molar-refractivity contribution in [1.29, 1.82) is 0 Å². The van der Waals surface area contributed by atoms with Crippen LogP contribution in [0.1, 0.15) is 58.4 Å². The number of hydrogen-bond donors (Lipinski definition) is 1. The Hall–Kier alpha value is -1.68. The van der Waals surface area contributed by atoms with E-state index in [1.165, 1.54) is 35.3 Å². The molecule has 0 radical (unpaired) electrons. The Morgan fingerprint density at radius 2 is 2.09 bits per heavy atom. The smallest absolute Gasteiger partial charge is 0.263 e. The van der Waals surface area contributed by atoms with Crippen LogP contribution < -0.4 is 5.32 Å². The van der Waals surface area contributed by atoms with E-state index in [1.807, 2.05) is 12.1 Å². The largest absolute Gasteiger partial charge is 0.346 e. The predicted octanol–water partition coefficient (Wildman–Crippen LogP) is 4.08. The highest BCUT2D eigenvalue weighted by molar-refractivity contribution is 7.13. The lowest BCUT2D eigenvalue weighted by atomic mass is 9.92. The van der Waals surface area contributed by atoms with Gasteiger partial charge in [-0.15, -0.1) is 11.3 Å². The summed E-state index contributed by atoms with van der Waals surface area (Å²) in [5.41, 5.74) is 2.25. The molecule has 0 bridgehead atoms. The van der Waals surface area contributed by atoms with Crippen LogP contribution >= 0.6 is 11.3 Å². The number of hydrogen-bond acceptors (Lipinski definition) is 3. The number of amides is 1. The summed E-state index contributed by atoms with van der Waals surface area (Å²) in [5.74, 6) is 0.592. The Morgan fingerprint density at radius 1 is 1.36 bits per heavy atom. The molecule has 1 amide bonds. The monoisotopic (exact) mass is 314 g/mol. The SMILES string of the molecule is Cc1ccccc1CC(C)(C)NC(=O)c1cnc(C2CC2)s1. The maximum atomic E-state index is 12.5. The van der Waals surface area contributed by atoms with Crippen molar-refractivity contribution >= 4 is 17.2 Å². The topological polar surface area (TPSA) is 42.0 Å².